The number of para-hydroxylation sites is 1. The molecule has 0 unspecified atom stereocenters. The van der Waals surface area contributed by atoms with E-state index in [0.717, 1.165) is 16.6 Å². The monoisotopic (exact) mass is 210 g/mol. The van der Waals surface area contributed by atoms with E-state index in [1.807, 2.05) is 36.5 Å². The molecule has 2 aromatic heterocycles. The van der Waals surface area contributed by atoms with Crippen molar-refractivity contribution in [2.75, 3.05) is 5.73 Å². The van der Waals surface area contributed by atoms with Crippen LogP contribution in [-0.2, 0) is 0 Å². The number of nitrogen functional groups attached to an aromatic ring is 1. The molecule has 0 amide bonds. The SMILES string of the molecule is Nc1ccn(-c2ccnc3ccccc23)n1. The Labute approximate surface area is 92.3 Å². The number of nitrogens with zero attached hydrogens (tertiary/aromatic N) is 3. The molecule has 0 aliphatic heterocycles. The molecule has 0 fully saturated rings. The van der Waals surface area contributed by atoms with E-state index in [2.05, 4.69) is 10.1 Å². The van der Waals surface area contributed by atoms with Gasteiger partial charge in [0.05, 0.1) is 11.2 Å². The molecule has 0 bridgehead atoms. The summed E-state index contributed by atoms with van der Waals surface area (Å²) in [5.41, 5.74) is 7.55. The smallest absolute Gasteiger partial charge is 0.145 e. The van der Waals surface area contributed by atoms with Crippen molar-refractivity contribution in [1.29, 1.82) is 0 Å². The van der Waals surface area contributed by atoms with Crippen molar-refractivity contribution in [2.45, 2.75) is 0 Å². The number of nitrogens with two attached hydrogens (primary N) is 1. The van der Waals surface area contributed by atoms with Gasteiger partial charge in [-0.25, -0.2) is 4.68 Å². The quantitative estimate of drug-likeness (QED) is 0.668. The number of benzene rings is 1. The molecule has 0 saturated carbocycles. The van der Waals surface area contributed by atoms with Gasteiger partial charge in [0.2, 0.25) is 0 Å². The van der Waals surface area contributed by atoms with Crippen molar-refractivity contribution < 1.29 is 0 Å². The summed E-state index contributed by atoms with van der Waals surface area (Å²) in [5.74, 6) is 0.515. The normalized spacial score (nSPS) is 10.8. The van der Waals surface area contributed by atoms with Gasteiger partial charge >= 0.3 is 0 Å². The second kappa shape index (κ2) is 3.34. The average molecular weight is 210 g/mol. The van der Waals surface area contributed by atoms with Crippen LogP contribution in [0.5, 0.6) is 0 Å². The molecule has 0 aliphatic rings. The third kappa shape index (κ3) is 1.32. The molecule has 4 heteroatoms. The lowest BCUT2D eigenvalue weighted by Crippen LogP contribution is -1.97. The summed E-state index contributed by atoms with van der Waals surface area (Å²) in [4.78, 5) is 4.30. The Morgan fingerprint density at radius 2 is 1.94 bits per heavy atom. The minimum absolute atomic E-state index is 0.515. The minimum Gasteiger partial charge on any atom is -0.382 e. The second-order valence-corrected chi connectivity index (χ2v) is 3.53. The van der Waals surface area contributed by atoms with Gasteiger partial charge in [0, 0.05) is 23.8 Å². The zero-order valence-electron chi connectivity index (χ0n) is 8.54. The number of fused-ring (bicyclic) bond motifs is 1. The van der Waals surface area contributed by atoms with Crippen molar-refractivity contribution in [3.05, 3.63) is 48.8 Å². The summed E-state index contributed by atoms with van der Waals surface area (Å²) >= 11 is 0. The van der Waals surface area contributed by atoms with Crippen LogP contribution in [0.3, 0.4) is 0 Å². The first-order valence-corrected chi connectivity index (χ1v) is 5.00. The fourth-order valence-corrected chi connectivity index (χ4v) is 1.75. The van der Waals surface area contributed by atoms with Gasteiger partial charge in [-0.05, 0) is 12.1 Å². The third-order valence-corrected chi connectivity index (χ3v) is 2.48. The molecule has 3 rings (SSSR count). The maximum atomic E-state index is 5.61. The fourth-order valence-electron chi connectivity index (χ4n) is 1.75. The highest BCUT2D eigenvalue weighted by Crippen LogP contribution is 2.19. The van der Waals surface area contributed by atoms with Gasteiger partial charge in [-0.15, -0.1) is 0 Å². The van der Waals surface area contributed by atoms with Crippen LogP contribution in [0, 0.1) is 0 Å². The van der Waals surface area contributed by atoms with Crippen LogP contribution >= 0.6 is 0 Å². The van der Waals surface area contributed by atoms with Gasteiger partial charge in [0.15, 0.2) is 0 Å². The fraction of sp³-hybridized carbons (Fsp3) is 0. The Hall–Kier alpha value is -2.36. The second-order valence-electron chi connectivity index (χ2n) is 3.53. The number of hydrogen-bond donors (Lipinski definition) is 1. The van der Waals surface area contributed by atoms with Crippen LogP contribution in [-0.4, -0.2) is 14.8 Å². The highest BCUT2D eigenvalue weighted by atomic mass is 15.3. The van der Waals surface area contributed by atoms with Crippen LogP contribution in [0.1, 0.15) is 0 Å². The lowest BCUT2D eigenvalue weighted by atomic mass is 10.2. The van der Waals surface area contributed by atoms with Crippen LogP contribution in [0.25, 0.3) is 16.6 Å². The minimum atomic E-state index is 0.515. The van der Waals surface area contributed by atoms with E-state index in [1.54, 1.807) is 16.9 Å². The maximum absolute atomic E-state index is 5.61. The van der Waals surface area contributed by atoms with Crippen molar-refractivity contribution in [3.8, 4) is 5.69 Å². The molecule has 0 aliphatic carbocycles. The zero-order valence-corrected chi connectivity index (χ0v) is 8.54. The zero-order chi connectivity index (χ0) is 11.0. The molecular weight excluding hydrogens is 200 g/mol. The molecule has 0 saturated heterocycles. The molecule has 0 spiro atoms. The van der Waals surface area contributed by atoms with Crippen LogP contribution < -0.4 is 5.73 Å². The number of hydrogen-bond acceptors (Lipinski definition) is 3. The largest absolute Gasteiger partial charge is 0.382 e. The first kappa shape index (κ1) is 8.91. The first-order chi connectivity index (χ1) is 7.84. The predicted octanol–water partition coefficient (Wildman–Crippen LogP) is 2.00. The van der Waals surface area contributed by atoms with Crippen LogP contribution in [0.15, 0.2) is 48.8 Å². The van der Waals surface area contributed by atoms with Gasteiger partial charge in [0.1, 0.15) is 5.82 Å². The van der Waals surface area contributed by atoms with Gasteiger partial charge in [-0.2, -0.15) is 5.10 Å². The molecule has 4 nitrogen and oxygen atoms in total. The molecule has 0 radical (unpaired) electrons. The van der Waals surface area contributed by atoms with E-state index >= 15 is 0 Å². The Bertz CT molecular complexity index is 637. The number of pyridine rings is 1. The standard InChI is InChI=1S/C12H10N4/c13-12-6-8-16(15-12)11-5-7-14-10-4-2-1-3-9(10)11/h1-8H,(H2,13,15). The Morgan fingerprint density at radius 3 is 2.75 bits per heavy atom. The van der Waals surface area contributed by atoms with Crippen molar-refractivity contribution in [1.82, 2.24) is 14.8 Å². The third-order valence-electron chi connectivity index (χ3n) is 2.48. The van der Waals surface area contributed by atoms with Gasteiger partial charge < -0.3 is 5.73 Å². The van der Waals surface area contributed by atoms with Crippen LogP contribution in [0.2, 0.25) is 0 Å². The highest BCUT2D eigenvalue weighted by Gasteiger charge is 2.03. The highest BCUT2D eigenvalue weighted by molar-refractivity contribution is 5.86. The Balaban J connectivity index is 2.31. The molecule has 3 aromatic rings. The van der Waals surface area contributed by atoms with E-state index in [9.17, 15) is 0 Å². The number of anilines is 1. The molecular formula is C12H10N4. The van der Waals surface area contributed by atoms with E-state index in [1.165, 1.54) is 0 Å². The summed E-state index contributed by atoms with van der Waals surface area (Å²) in [6, 6.07) is 11.7. The molecule has 0 atom stereocenters. The molecule has 16 heavy (non-hydrogen) atoms. The van der Waals surface area contributed by atoms with Gasteiger partial charge in [0.25, 0.3) is 0 Å². The predicted molar refractivity (Wildman–Crippen MR) is 63.3 cm³/mol. The topological polar surface area (TPSA) is 56.7 Å². The summed E-state index contributed by atoms with van der Waals surface area (Å²) in [6.45, 7) is 0. The summed E-state index contributed by atoms with van der Waals surface area (Å²) < 4.78 is 1.76. The number of aromatic nitrogens is 3. The maximum Gasteiger partial charge on any atom is 0.145 e. The Morgan fingerprint density at radius 1 is 1.06 bits per heavy atom. The van der Waals surface area contributed by atoms with E-state index in [0.29, 0.717) is 5.82 Å². The molecule has 78 valence electrons. The lowest BCUT2D eigenvalue weighted by Gasteiger charge is -2.05. The molecule has 2 N–H and O–H groups in total. The van der Waals surface area contributed by atoms with Crippen molar-refractivity contribution in [3.63, 3.8) is 0 Å². The van der Waals surface area contributed by atoms with E-state index in [-0.39, 0.29) is 0 Å². The van der Waals surface area contributed by atoms with Crippen molar-refractivity contribution >= 4 is 16.7 Å². The summed E-state index contributed by atoms with van der Waals surface area (Å²) in [7, 11) is 0. The molecule has 1 aromatic carbocycles. The lowest BCUT2D eigenvalue weighted by molar-refractivity contribution is 0.892. The summed E-state index contributed by atoms with van der Waals surface area (Å²) in [6.07, 6.45) is 3.62. The van der Waals surface area contributed by atoms with E-state index in [4.69, 9.17) is 5.73 Å². The number of rotatable bonds is 1. The van der Waals surface area contributed by atoms with Gasteiger partial charge in [-0.3, -0.25) is 4.98 Å². The first-order valence-electron chi connectivity index (χ1n) is 5.00. The molecule has 2 heterocycles. The van der Waals surface area contributed by atoms with Crippen molar-refractivity contribution in [2.24, 2.45) is 0 Å². The average Bonchev–Trinajstić information content (AvgIpc) is 2.75. The van der Waals surface area contributed by atoms with E-state index < -0.39 is 0 Å². The van der Waals surface area contributed by atoms with Crippen LogP contribution in [0.4, 0.5) is 5.82 Å². The Kier molecular flexibility index (Phi) is 1.86. The van der Waals surface area contributed by atoms with Gasteiger partial charge in [-0.1, -0.05) is 18.2 Å². The summed E-state index contributed by atoms with van der Waals surface area (Å²) in [5, 5.41) is 5.26.